The zero-order chi connectivity index (χ0) is 18.8. The molecule has 2 N–H and O–H groups in total. The minimum atomic E-state index is -0.538. The number of amides is 1. The number of ether oxygens (including phenoxy) is 1. The van der Waals surface area contributed by atoms with E-state index in [0.29, 0.717) is 30.3 Å². The summed E-state index contributed by atoms with van der Waals surface area (Å²) in [7, 11) is 0. The van der Waals surface area contributed by atoms with E-state index < -0.39 is 11.6 Å². The summed E-state index contributed by atoms with van der Waals surface area (Å²) in [4.78, 5) is 24.1. The summed E-state index contributed by atoms with van der Waals surface area (Å²) in [6.07, 6.45) is 12.7. The Morgan fingerprint density at radius 3 is 2.21 bits per heavy atom. The van der Waals surface area contributed by atoms with Gasteiger partial charge in [-0.15, -0.1) is 0 Å². The van der Waals surface area contributed by atoms with Gasteiger partial charge in [0.15, 0.2) is 0 Å². The van der Waals surface area contributed by atoms with Gasteiger partial charge >= 0.3 is 0 Å². The number of hydrogen-bond donors (Lipinski definition) is 2. The highest BCUT2D eigenvalue weighted by Gasteiger charge is 2.66. The molecule has 156 valence electrons. The fourth-order valence-corrected chi connectivity index (χ4v) is 6.96. The Hall–Kier alpha value is -0.690. The second kappa shape index (κ2) is 6.66. The second-order valence-electron chi connectivity index (χ2n) is 10.6. The fourth-order valence-electron chi connectivity index (χ4n) is 6.96. The minimum Gasteiger partial charge on any atom is -0.355 e. The van der Waals surface area contributed by atoms with E-state index in [4.69, 9.17) is 14.5 Å². The minimum absolute atomic E-state index is 0.122. The average Bonchev–Trinajstić information content (AvgIpc) is 3.45. The van der Waals surface area contributed by atoms with Gasteiger partial charge in [-0.05, 0) is 75.5 Å². The van der Waals surface area contributed by atoms with Crippen molar-refractivity contribution in [1.29, 1.82) is 0 Å². The lowest BCUT2D eigenvalue weighted by Gasteiger charge is -2.57. The van der Waals surface area contributed by atoms with Gasteiger partial charge in [0.05, 0.1) is 6.54 Å². The first-order valence-corrected chi connectivity index (χ1v) is 11.7. The predicted molar refractivity (Wildman–Crippen MR) is 102 cm³/mol. The Morgan fingerprint density at radius 2 is 1.57 bits per heavy atom. The first-order valence-electron chi connectivity index (χ1n) is 11.7. The van der Waals surface area contributed by atoms with Crippen LogP contribution >= 0.6 is 0 Å². The van der Waals surface area contributed by atoms with Gasteiger partial charge in [-0.2, -0.15) is 9.78 Å². The molecule has 6 heteroatoms. The van der Waals surface area contributed by atoms with E-state index in [9.17, 15) is 4.79 Å². The number of nitrogens with one attached hydrogen (secondary N) is 2. The molecular weight excluding hydrogens is 356 g/mol. The van der Waals surface area contributed by atoms with E-state index in [0.717, 1.165) is 44.1 Å². The van der Waals surface area contributed by atoms with E-state index in [-0.39, 0.29) is 5.91 Å². The first-order chi connectivity index (χ1) is 13.6. The normalized spacial score (nSPS) is 49.2. The van der Waals surface area contributed by atoms with Gasteiger partial charge in [0.25, 0.3) is 0 Å². The van der Waals surface area contributed by atoms with Crippen LogP contribution in [0.25, 0.3) is 0 Å². The molecule has 2 spiro atoms. The van der Waals surface area contributed by atoms with Crippen LogP contribution in [-0.2, 0) is 19.3 Å². The average molecular weight is 391 g/mol. The lowest BCUT2D eigenvalue weighted by Crippen LogP contribution is -2.59. The van der Waals surface area contributed by atoms with E-state index in [1.807, 2.05) is 0 Å². The van der Waals surface area contributed by atoms with Gasteiger partial charge in [-0.3, -0.25) is 4.79 Å². The van der Waals surface area contributed by atoms with Crippen LogP contribution < -0.4 is 10.6 Å². The second-order valence-corrected chi connectivity index (χ2v) is 10.6. The van der Waals surface area contributed by atoms with Gasteiger partial charge in [-0.1, -0.05) is 0 Å². The number of hydrogen-bond acceptors (Lipinski definition) is 5. The molecule has 0 unspecified atom stereocenters. The van der Waals surface area contributed by atoms with Crippen LogP contribution in [0.15, 0.2) is 0 Å². The Labute approximate surface area is 167 Å². The largest absolute Gasteiger partial charge is 0.355 e. The highest BCUT2D eigenvalue weighted by Crippen LogP contribution is 2.63. The third-order valence-electron chi connectivity index (χ3n) is 8.53. The Bertz CT molecular complexity index is 598. The maximum atomic E-state index is 12.0. The van der Waals surface area contributed by atoms with Crippen LogP contribution in [0.4, 0.5) is 0 Å². The SMILES string of the molecule is O=C(CNC1CC1)NC[C@H]1CC[C@]2(CC1)OO[C@]1(O2)C2CC3CC(C2)CC1C3. The van der Waals surface area contributed by atoms with Gasteiger partial charge in [0.1, 0.15) is 0 Å². The van der Waals surface area contributed by atoms with Crippen molar-refractivity contribution in [3.05, 3.63) is 0 Å². The van der Waals surface area contributed by atoms with Crippen LogP contribution in [0.5, 0.6) is 0 Å². The molecule has 7 fully saturated rings. The van der Waals surface area contributed by atoms with Crippen molar-refractivity contribution < 1.29 is 19.3 Å². The molecule has 0 aromatic heterocycles. The van der Waals surface area contributed by atoms with Crippen molar-refractivity contribution in [3.63, 3.8) is 0 Å². The summed E-state index contributed by atoms with van der Waals surface area (Å²) in [5, 5.41) is 6.37. The standard InChI is InChI=1S/C22H34N2O4/c25-20(13-23-19-1-2-19)24-12-14-3-5-21(6-4-14)26-22(28-27-21)17-8-15-7-16(10-17)11-18(22)9-15/h14-19,23H,1-13H2,(H,24,25)/t14-,15?,16?,17?,18?,21+,22-. The van der Waals surface area contributed by atoms with Crippen molar-refractivity contribution in [1.82, 2.24) is 10.6 Å². The smallest absolute Gasteiger partial charge is 0.233 e. The predicted octanol–water partition coefficient (Wildman–Crippen LogP) is 2.87. The molecule has 0 aromatic rings. The summed E-state index contributed by atoms with van der Waals surface area (Å²) >= 11 is 0. The molecule has 0 aromatic carbocycles. The highest BCUT2D eigenvalue weighted by atomic mass is 17.3. The third kappa shape index (κ3) is 3.11. The Balaban J connectivity index is 1.02. The maximum Gasteiger partial charge on any atom is 0.233 e. The molecule has 6 aliphatic carbocycles. The monoisotopic (exact) mass is 390 g/mol. The van der Waals surface area contributed by atoms with Gasteiger partial charge < -0.3 is 15.4 Å². The molecule has 28 heavy (non-hydrogen) atoms. The molecule has 1 aliphatic heterocycles. The van der Waals surface area contributed by atoms with Crippen molar-refractivity contribution in [2.24, 2.45) is 29.6 Å². The van der Waals surface area contributed by atoms with Gasteiger partial charge in [0.2, 0.25) is 17.5 Å². The summed E-state index contributed by atoms with van der Waals surface area (Å²) in [5.41, 5.74) is 0. The zero-order valence-corrected chi connectivity index (χ0v) is 16.8. The third-order valence-corrected chi connectivity index (χ3v) is 8.53. The molecule has 0 radical (unpaired) electrons. The molecular formula is C22H34N2O4. The van der Waals surface area contributed by atoms with E-state index in [1.165, 1.54) is 44.9 Å². The van der Waals surface area contributed by atoms with Crippen LogP contribution in [0.3, 0.4) is 0 Å². The Kier molecular flexibility index (Phi) is 4.31. The summed E-state index contributed by atoms with van der Waals surface area (Å²) in [6.45, 7) is 1.22. The zero-order valence-electron chi connectivity index (χ0n) is 16.8. The summed E-state index contributed by atoms with van der Waals surface area (Å²) in [5.74, 6) is 2.48. The molecule has 4 bridgehead atoms. The maximum absolute atomic E-state index is 12.0. The molecule has 0 atom stereocenters. The van der Waals surface area contributed by atoms with Crippen LogP contribution in [0.1, 0.15) is 70.6 Å². The molecule has 1 saturated heterocycles. The highest BCUT2D eigenvalue weighted by molar-refractivity contribution is 5.78. The Morgan fingerprint density at radius 1 is 0.893 bits per heavy atom. The molecule has 7 rings (SSSR count). The van der Waals surface area contributed by atoms with Crippen molar-refractivity contribution in [2.75, 3.05) is 13.1 Å². The topological polar surface area (TPSA) is 68.8 Å². The van der Waals surface area contributed by atoms with Gasteiger partial charge in [-0.25, -0.2) is 0 Å². The number of carbonyl (C=O) groups is 1. The lowest BCUT2D eigenvalue weighted by molar-refractivity contribution is -0.390. The van der Waals surface area contributed by atoms with Gasteiger partial charge in [0, 0.05) is 37.3 Å². The molecule has 7 aliphatic rings. The van der Waals surface area contributed by atoms with Crippen molar-refractivity contribution >= 4 is 5.91 Å². The molecule has 6 nitrogen and oxygen atoms in total. The van der Waals surface area contributed by atoms with Crippen molar-refractivity contribution in [2.45, 2.75) is 88.2 Å². The number of rotatable bonds is 5. The first kappa shape index (κ1) is 18.1. The number of carbonyl (C=O) groups excluding carboxylic acids is 1. The molecule has 6 saturated carbocycles. The molecule has 1 amide bonds. The summed E-state index contributed by atoms with van der Waals surface area (Å²) in [6, 6.07) is 0.578. The van der Waals surface area contributed by atoms with Crippen LogP contribution in [0.2, 0.25) is 0 Å². The van der Waals surface area contributed by atoms with Crippen LogP contribution in [0, 0.1) is 29.6 Å². The summed E-state index contributed by atoms with van der Waals surface area (Å²) < 4.78 is 6.76. The van der Waals surface area contributed by atoms with E-state index in [1.54, 1.807) is 0 Å². The van der Waals surface area contributed by atoms with Crippen molar-refractivity contribution in [3.8, 4) is 0 Å². The van der Waals surface area contributed by atoms with E-state index in [2.05, 4.69) is 10.6 Å². The molecule has 1 heterocycles. The fraction of sp³-hybridized carbons (Fsp3) is 0.955. The lowest BCUT2D eigenvalue weighted by atomic mass is 9.53. The quantitative estimate of drug-likeness (QED) is 0.707. The van der Waals surface area contributed by atoms with E-state index >= 15 is 0 Å². The van der Waals surface area contributed by atoms with Crippen LogP contribution in [-0.4, -0.2) is 36.6 Å².